The Hall–Kier alpha value is -1.63. The number of carbonyl (C=O) groups is 3. The Labute approximate surface area is 137 Å². The van der Waals surface area contributed by atoms with Crippen LogP contribution in [0.3, 0.4) is 0 Å². The van der Waals surface area contributed by atoms with Gasteiger partial charge in [0.25, 0.3) is 0 Å². The van der Waals surface area contributed by atoms with Crippen molar-refractivity contribution in [2.75, 3.05) is 7.11 Å². The molecule has 23 heavy (non-hydrogen) atoms. The zero-order valence-corrected chi connectivity index (χ0v) is 15.5. The van der Waals surface area contributed by atoms with Crippen molar-refractivity contribution in [1.29, 1.82) is 0 Å². The molecule has 0 saturated carbocycles. The molecule has 2 N–H and O–H groups in total. The van der Waals surface area contributed by atoms with Gasteiger partial charge >= 0.3 is 17.9 Å². The minimum atomic E-state index is -2.35. The molecular formula is C16H29NO6. The number of carbonyl (C=O) groups excluding carboxylic acids is 3. The van der Waals surface area contributed by atoms with E-state index in [0.29, 0.717) is 0 Å². The lowest BCUT2D eigenvalue weighted by Gasteiger charge is -2.40. The van der Waals surface area contributed by atoms with E-state index in [2.05, 4.69) is 4.74 Å². The van der Waals surface area contributed by atoms with Crippen molar-refractivity contribution in [2.45, 2.75) is 72.1 Å². The molecule has 0 fully saturated rings. The summed E-state index contributed by atoms with van der Waals surface area (Å²) < 4.78 is 15.2. The molecule has 0 aliphatic carbocycles. The van der Waals surface area contributed by atoms with E-state index in [1.807, 2.05) is 0 Å². The first-order valence-electron chi connectivity index (χ1n) is 7.33. The molecule has 0 radical (unpaired) electrons. The Morgan fingerprint density at radius 2 is 1.00 bits per heavy atom. The molecule has 0 unspecified atom stereocenters. The van der Waals surface area contributed by atoms with Gasteiger partial charge in [0.2, 0.25) is 5.54 Å². The fraction of sp³-hybridized carbons (Fsp3) is 0.812. The molecule has 0 bridgehead atoms. The van der Waals surface area contributed by atoms with E-state index in [0.717, 1.165) is 7.11 Å². The van der Waals surface area contributed by atoms with Crippen molar-refractivity contribution in [3.8, 4) is 0 Å². The van der Waals surface area contributed by atoms with Crippen LogP contribution in [0.2, 0.25) is 0 Å². The highest BCUT2D eigenvalue weighted by Crippen LogP contribution is 2.35. The predicted molar refractivity (Wildman–Crippen MR) is 84.4 cm³/mol. The first-order chi connectivity index (χ1) is 9.99. The van der Waals surface area contributed by atoms with Crippen molar-refractivity contribution in [3.63, 3.8) is 0 Å². The number of ether oxygens (including phenoxy) is 3. The highest BCUT2D eigenvalue weighted by molar-refractivity contribution is 6.10. The molecule has 0 heterocycles. The first-order valence-corrected chi connectivity index (χ1v) is 7.33. The molecule has 0 aliphatic heterocycles. The Morgan fingerprint density at radius 3 is 1.22 bits per heavy atom. The summed E-state index contributed by atoms with van der Waals surface area (Å²) >= 11 is 0. The van der Waals surface area contributed by atoms with Crippen LogP contribution in [0.4, 0.5) is 0 Å². The smallest absolute Gasteiger partial charge is 0.339 e. The largest absolute Gasteiger partial charge is 0.469 e. The predicted octanol–water partition coefficient (Wildman–Crippen LogP) is 1.57. The molecular weight excluding hydrogens is 302 g/mol. The van der Waals surface area contributed by atoms with E-state index in [-0.39, 0.29) is 0 Å². The van der Waals surface area contributed by atoms with Gasteiger partial charge in [0.1, 0.15) is 16.6 Å². The molecule has 0 atom stereocenters. The van der Waals surface area contributed by atoms with Crippen molar-refractivity contribution < 1.29 is 28.6 Å². The second-order valence-corrected chi connectivity index (χ2v) is 7.93. The van der Waals surface area contributed by atoms with Gasteiger partial charge < -0.3 is 19.9 Å². The minimum absolute atomic E-state index is 0.822. The molecule has 7 heteroatoms. The summed E-state index contributed by atoms with van der Waals surface area (Å²) in [6.45, 7) is 12.5. The van der Waals surface area contributed by atoms with Gasteiger partial charge in [-0.25, -0.2) is 9.59 Å². The van der Waals surface area contributed by atoms with Crippen LogP contribution in [-0.2, 0) is 28.6 Å². The summed E-state index contributed by atoms with van der Waals surface area (Å²) in [7, 11) is 1.15. The number of hydrogen-bond donors (Lipinski definition) is 1. The second kappa shape index (κ2) is 6.47. The first kappa shape index (κ1) is 21.4. The lowest BCUT2D eigenvalue weighted by molar-refractivity contribution is -0.189. The average molecular weight is 331 g/mol. The summed E-state index contributed by atoms with van der Waals surface area (Å²) in [5.74, 6) is -2.92. The van der Waals surface area contributed by atoms with Crippen LogP contribution in [0.15, 0.2) is 0 Å². The molecule has 0 aliphatic rings. The van der Waals surface area contributed by atoms with Gasteiger partial charge in [0.15, 0.2) is 0 Å². The standard InChI is InChI=1S/C16H29NO6/c1-13(2,3)22-11(19)16(17,12(20)23-14(4,5)6)15(7,8)10(18)21-9/h17H2,1-9H3. The summed E-state index contributed by atoms with van der Waals surface area (Å²) in [5.41, 5.74) is 0.283. The van der Waals surface area contributed by atoms with Crippen molar-refractivity contribution in [3.05, 3.63) is 0 Å². The van der Waals surface area contributed by atoms with Crippen molar-refractivity contribution in [1.82, 2.24) is 0 Å². The Balaban J connectivity index is 6.04. The van der Waals surface area contributed by atoms with Crippen molar-refractivity contribution in [2.24, 2.45) is 11.1 Å². The fourth-order valence-corrected chi connectivity index (χ4v) is 1.73. The van der Waals surface area contributed by atoms with E-state index in [9.17, 15) is 14.4 Å². The molecule has 0 spiro atoms. The quantitative estimate of drug-likeness (QED) is 0.473. The van der Waals surface area contributed by atoms with E-state index < -0.39 is 40.1 Å². The lowest BCUT2D eigenvalue weighted by atomic mass is 9.72. The van der Waals surface area contributed by atoms with Crippen LogP contribution in [0.5, 0.6) is 0 Å². The van der Waals surface area contributed by atoms with Crippen LogP contribution in [0.25, 0.3) is 0 Å². The maximum absolute atomic E-state index is 12.6. The van der Waals surface area contributed by atoms with Crippen LogP contribution >= 0.6 is 0 Å². The highest BCUT2D eigenvalue weighted by atomic mass is 16.6. The Kier molecular flexibility index (Phi) is 6.01. The summed E-state index contributed by atoms with van der Waals surface area (Å²) in [6, 6.07) is 0. The van der Waals surface area contributed by atoms with Crippen molar-refractivity contribution >= 4 is 17.9 Å². The maximum Gasteiger partial charge on any atom is 0.339 e. The van der Waals surface area contributed by atoms with Crippen LogP contribution in [0.1, 0.15) is 55.4 Å². The molecule has 0 aromatic heterocycles. The molecule has 0 aromatic rings. The van der Waals surface area contributed by atoms with Gasteiger partial charge in [-0.2, -0.15) is 0 Å². The normalized spacial score (nSPS) is 13.3. The van der Waals surface area contributed by atoms with E-state index >= 15 is 0 Å². The van der Waals surface area contributed by atoms with Crippen LogP contribution < -0.4 is 5.73 Å². The van der Waals surface area contributed by atoms with Gasteiger partial charge in [-0.1, -0.05) is 0 Å². The summed E-state index contributed by atoms with van der Waals surface area (Å²) in [4.78, 5) is 37.3. The van der Waals surface area contributed by atoms with Crippen LogP contribution in [-0.4, -0.2) is 41.8 Å². The third kappa shape index (κ3) is 4.92. The van der Waals surface area contributed by atoms with Gasteiger partial charge in [-0.3, -0.25) is 4.79 Å². The molecule has 0 amide bonds. The third-order valence-electron chi connectivity index (χ3n) is 3.12. The molecule has 134 valence electrons. The lowest BCUT2D eigenvalue weighted by Crippen LogP contribution is -2.69. The van der Waals surface area contributed by atoms with E-state index in [1.165, 1.54) is 13.8 Å². The zero-order chi connectivity index (χ0) is 18.9. The Morgan fingerprint density at radius 1 is 0.696 bits per heavy atom. The van der Waals surface area contributed by atoms with Gasteiger partial charge in [0.05, 0.1) is 7.11 Å². The molecule has 7 nitrogen and oxygen atoms in total. The van der Waals surface area contributed by atoms with Crippen LogP contribution in [0, 0.1) is 5.41 Å². The number of nitrogens with two attached hydrogens (primary N) is 1. The number of hydrogen-bond acceptors (Lipinski definition) is 7. The van der Waals surface area contributed by atoms with E-state index in [4.69, 9.17) is 15.2 Å². The monoisotopic (exact) mass is 331 g/mol. The minimum Gasteiger partial charge on any atom is -0.469 e. The highest BCUT2D eigenvalue weighted by Gasteiger charge is 2.62. The summed E-state index contributed by atoms with van der Waals surface area (Å²) in [5, 5.41) is 0. The van der Waals surface area contributed by atoms with Gasteiger partial charge in [0, 0.05) is 0 Å². The average Bonchev–Trinajstić information content (AvgIpc) is 2.31. The fourth-order valence-electron chi connectivity index (χ4n) is 1.73. The Bertz CT molecular complexity index is 454. The van der Waals surface area contributed by atoms with Gasteiger partial charge in [-0.05, 0) is 55.4 Å². The number of methoxy groups -OCH3 is 1. The van der Waals surface area contributed by atoms with Gasteiger partial charge in [-0.15, -0.1) is 0 Å². The second-order valence-electron chi connectivity index (χ2n) is 7.93. The molecule has 0 saturated heterocycles. The maximum atomic E-state index is 12.6. The number of rotatable bonds is 4. The van der Waals surface area contributed by atoms with E-state index in [1.54, 1.807) is 41.5 Å². The zero-order valence-electron chi connectivity index (χ0n) is 15.5. The molecule has 0 aromatic carbocycles. The summed E-state index contributed by atoms with van der Waals surface area (Å²) in [6.07, 6.45) is 0. The number of esters is 3. The molecule has 0 rings (SSSR count). The third-order valence-corrected chi connectivity index (χ3v) is 3.12. The topological polar surface area (TPSA) is 105 Å². The SMILES string of the molecule is COC(=O)C(C)(C)C(N)(C(=O)OC(C)(C)C)C(=O)OC(C)(C)C.